The Labute approximate surface area is 136 Å². The molecule has 3 N–H and O–H groups in total. The van der Waals surface area contributed by atoms with Crippen molar-refractivity contribution >= 4 is 17.3 Å². The smallest absolute Gasteiger partial charge is 0.142 e. The van der Waals surface area contributed by atoms with Crippen LogP contribution < -0.4 is 10.6 Å². The first-order valence-electron chi connectivity index (χ1n) is 8.41. The molecule has 7 heteroatoms. The molecule has 2 atom stereocenters. The van der Waals surface area contributed by atoms with Crippen molar-refractivity contribution in [3.8, 4) is 0 Å². The molecule has 126 valence electrons. The summed E-state index contributed by atoms with van der Waals surface area (Å²) in [6.45, 7) is 3.28. The van der Waals surface area contributed by atoms with E-state index in [4.69, 9.17) is 14.9 Å². The monoisotopic (exact) mass is 319 g/mol. The van der Waals surface area contributed by atoms with Gasteiger partial charge in [-0.3, -0.25) is 0 Å². The Morgan fingerprint density at radius 2 is 1.52 bits per heavy atom. The number of ether oxygens (including phenoxy) is 2. The van der Waals surface area contributed by atoms with E-state index in [-0.39, 0.29) is 12.5 Å². The molecule has 0 bridgehead atoms. The van der Waals surface area contributed by atoms with Gasteiger partial charge in [0.1, 0.15) is 30.4 Å². The molecule has 0 aromatic carbocycles. The lowest BCUT2D eigenvalue weighted by atomic mass is 10.1. The topological polar surface area (TPSA) is 92.2 Å². The molecule has 0 spiro atoms. The van der Waals surface area contributed by atoms with E-state index in [2.05, 4.69) is 20.6 Å². The van der Waals surface area contributed by atoms with Crippen LogP contribution in [0, 0.1) is 5.41 Å². The van der Waals surface area contributed by atoms with E-state index < -0.39 is 0 Å². The molecule has 3 heterocycles. The van der Waals surface area contributed by atoms with Crippen LogP contribution in [-0.2, 0) is 9.47 Å². The Balaban J connectivity index is 1.78. The minimum Gasteiger partial charge on any atom is -0.359 e. The van der Waals surface area contributed by atoms with E-state index in [1.165, 1.54) is 6.33 Å². The van der Waals surface area contributed by atoms with Gasteiger partial charge in [-0.25, -0.2) is 9.97 Å². The zero-order chi connectivity index (χ0) is 16.1. The third kappa shape index (κ3) is 4.17. The second-order valence-electron chi connectivity index (χ2n) is 6.07. The lowest BCUT2D eigenvalue weighted by molar-refractivity contribution is 0.0337. The van der Waals surface area contributed by atoms with Crippen molar-refractivity contribution in [2.45, 2.75) is 57.9 Å². The van der Waals surface area contributed by atoms with Crippen molar-refractivity contribution in [3.05, 3.63) is 11.9 Å². The van der Waals surface area contributed by atoms with Gasteiger partial charge in [0.2, 0.25) is 0 Å². The maximum atomic E-state index is 8.11. The molecule has 23 heavy (non-hydrogen) atoms. The lowest BCUT2D eigenvalue weighted by Crippen LogP contribution is -2.30. The first-order chi connectivity index (χ1) is 11.2. The Hall–Kier alpha value is -1.73. The molecule has 2 aliphatic heterocycles. The third-order valence-electron chi connectivity index (χ3n) is 4.18. The molecule has 0 radical (unpaired) electrons. The van der Waals surface area contributed by atoms with Gasteiger partial charge in [-0.1, -0.05) is 0 Å². The van der Waals surface area contributed by atoms with E-state index >= 15 is 0 Å². The molecule has 3 rings (SSSR count). The van der Waals surface area contributed by atoms with Crippen molar-refractivity contribution in [3.63, 3.8) is 0 Å². The number of hydrogen-bond donors (Lipinski definition) is 3. The normalized spacial score (nSPS) is 24.9. The fraction of sp³-hybridized carbons (Fsp3) is 0.688. The molecule has 0 amide bonds. The van der Waals surface area contributed by atoms with Gasteiger partial charge >= 0.3 is 0 Å². The SMILES string of the molecule is CC(=N)c1c(NC2CCCCO2)ncnc1NC1CCCCO1. The average molecular weight is 319 g/mol. The maximum absolute atomic E-state index is 8.11. The van der Waals surface area contributed by atoms with Crippen LogP contribution in [0.5, 0.6) is 0 Å². The second kappa shape index (κ2) is 7.70. The van der Waals surface area contributed by atoms with Crippen LogP contribution in [0.3, 0.4) is 0 Å². The van der Waals surface area contributed by atoms with Crippen LogP contribution >= 0.6 is 0 Å². The summed E-state index contributed by atoms with van der Waals surface area (Å²) >= 11 is 0. The van der Waals surface area contributed by atoms with Crippen LogP contribution in [0.25, 0.3) is 0 Å². The van der Waals surface area contributed by atoms with Gasteiger partial charge < -0.3 is 25.5 Å². The first-order valence-corrected chi connectivity index (χ1v) is 8.41. The molecule has 2 unspecified atom stereocenters. The molecule has 1 aromatic rings. The summed E-state index contributed by atoms with van der Waals surface area (Å²) in [6.07, 6.45) is 7.82. The number of nitrogens with zero attached hydrogens (tertiary/aromatic N) is 2. The highest BCUT2D eigenvalue weighted by molar-refractivity contribution is 6.04. The van der Waals surface area contributed by atoms with Crippen LogP contribution in [0.2, 0.25) is 0 Å². The quantitative estimate of drug-likeness (QED) is 0.723. The van der Waals surface area contributed by atoms with E-state index in [0.29, 0.717) is 22.9 Å². The molecule has 7 nitrogen and oxygen atoms in total. The van der Waals surface area contributed by atoms with Crippen LogP contribution in [0.4, 0.5) is 11.6 Å². The van der Waals surface area contributed by atoms with Gasteiger partial charge in [-0.05, 0) is 45.4 Å². The van der Waals surface area contributed by atoms with Crippen molar-refractivity contribution in [1.29, 1.82) is 5.41 Å². The van der Waals surface area contributed by atoms with Crippen molar-refractivity contribution in [1.82, 2.24) is 9.97 Å². The Morgan fingerprint density at radius 3 is 1.91 bits per heavy atom. The zero-order valence-corrected chi connectivity index (χ0v) is 13.6. The summed E-state index contributed by atoms with van der Waals surface area (Å²) in [6, 6.07) is 0. The van der Waals surface area contributed by atoms with Gasteiger partial charge in [-0.2, -0.15) is 0 Å². The van der Waals surface area contributed by atoms with Crippen LogP contribution in [-0.4, -0.2) is 41.3 Å². The highest BCUT2D eigenvalue weighted by atomic mass is 16.5. The molecule has 0 aliphatic carbocycles. The fourth-order valence-electron chi connectivity index (χ4n) is 2.97. The number of aromatic nitrogens is 2. The Kier molecular flexibility index (Phi) is 5.40. The molecule has 2 saturated heterocycles. The van der Waals surface area contributed by atoms with Crippen LogP contribution in [0.15, 0.2) is 6.33 Å². The Morgan fingerprint density at radius 1 is 1.00 bits per heavy atom. The number of hydrogen-bond acceptors (Lipinski definition) is 7. The van der Waals surface area contributed by atoms with Gasteiger partial charge in [0, 0.05) is 18.9 Å². The summed E-state index contributed by atoms with van der Waals surface area (Å²) in [5, 5.41) is 14.7. The number of nitrogens with one attached hydrogen (secondary N) is 3. The van der Waals surface area contributed by atoms with Crippen LogP contribution in [0.1, 0.15) is 51.0 Å². The highest BCUT2D eigenvalue weighted by Crippen LogP contribution is 2.25. The third-order valence-corrected chi connectivity index (χ3v) is 4.18. The largest absolute Gasteiger partial charge is 0.359 e. The summed E-state index contributed by atoms with van der Waals surface area (Å²) in [5.41, 5.74) is 1.11. The summed E-state index contributed by atoms with van der Waals surface area (Å²) in [5.74, 6) is 1.30. The minimum absolute atomic E-state index is 0.0458. The summed E-state index contributed by atoms with van der Waals surface area (Å²) in [4.78, 5) is 8.65. The summed E-state index contributed by atoms with van der Waals surface area (Å²) < 4.78 is 11.4. The van der Waals surface area contributed by atoms with E-state index in [1.807, 2.05) is 0 Å². The molecule has 1 aromatic heterocycles. The zero-order valence-electron chi connectivity index (χ0n) is 13.6. The van der Waals surface area contributed by atoms with Crippen molar-refractivity contribution < 1.29 is 9.47 Å². The summed E-state index contributed by atoms with van der Waals surface area (Å²) in [7, 11) is 0. The molecule has 0 saturated carbocycles. The first kappa shape index (κ1) is 16.1. The number of rotatable bonds is 5. The number of anilines is 2. The molecule has 2 aliphatic rings. The highest BCUT2D eigenvalue weighted by Gasteiger charge is 2.21. The molecular weight excluding hydrogens is 294 g/mol. The average Bonchev–Trinajstić information content (AvgIpc) is 2.56. The van der Waals surface area contributed by atoms with Gasteiger partial charge in [0.05, 0.1) is 5.56 Å². The van der Waals surface area contributed by atoms with Gasteiger partial charge in [-0.15, -0.1) is 0 Å². The predicted octanol–water partition coefficient (Wildman–Crippen LogP) is 2.74. The van der Waals surface area contributed by atoms with E-state index in [0.717, 1.165) is 51.7 Å². The van der Waals surface area contributed by atoms with E-state index in [1.54, 1.807) is 6.92 Å². The van der Waals surface area contributed by atoms with Gasteiger partial charge in [0.15, 0.2) is 0 Å². The van der Waals surface area contributed by atoms with E-state index in [9.17, 15) is 0 Å². The van der Waals surface area contributed by atoms with Crippen molar-refractivity contribution in [2.24, 2.45) is 0 Å². The predicted molar refractivity (Wildman–Crippen MR) is 89.0 cm³/mol. The Bertz CT molecular complexity index is 501. The second-order valence-corrected chi connectivity index (χ2v) is 6.07. The molecule has 2 fully saturated rings. The van der Waals surface area contributed by atoms with Crippen molar-refractivity contribution in [2.75, 3.05) is 23.8 Å². The fourth-order valence-corrected chi connectivity index (χ4v) is 2.97. The molecular formula is C16H25N5O2. The van der Waals surface area contributed by atoms with Gasteiger partial charge in [0.25, 0.3) is 0 Å². The maximum Gasteiger partial charge on any atom is 0.142 e. The minimum atomic E-state index is -0.0458. The lowest BCUT2D eigenvalue weighted by Gasteiger charge is -2.27. The standard InChI is InChI=1S/C16H25N5O2/c1-11(17)14-15(20-12-6-2-4-8-22-12)18-10-19-16(14)21-13-7-3-5-9-23-13/h10,12-13,17H,2-9H2,1H3,(H2,18,19,20,21).